The minimum atomic E-state index is -4.62. The highest BCUT2D eigenvalue weighted by Gasteiger charge is 2.72. The monoisotopic (exact) mass is 392 g/mol. The van der Waals surface area contributed by atoms with Gasteiger partial charge in [-0.25, -0.2) is 4.39 Å². The molecule has 0 N–H and O–H groups in total. The van der Waals surface area contributed by atoms with Gasteiger partial charge in [-0.05, 0) is 80.5 Å². The highest BCUT2D eigenvalue weighted by molar-refractivity contribution is 5.19. The van der Waals surface area contributed by atoms with Crippen LogP contribution in [-0.2, 0) is 9.47 Å². The van der Waals surface area contributed by atoms with Gasteiger partial charge in [-0.1, -0.05) is 13.8 Å². The molecule has 0 saturated heterocycles. The van der Waals surface area contributed by atoms with Crippen LogP contribution < -0.4 is 0 Å². The smallest absolute Gasteiger partial charge is 0.356 e. The molecule has 27 heavy (non-hydrogen) atoms. The fourth-order valence-corrected chi connectivity index (χ4v) is 7.60. The van der Waals surface area contributed by atoms with E-state index < -0.39 is 30.7 Å². The van der Waals surface area contributed by atoms with Crippen molar-refractivity contribution in [1.82, 2.24) is 0 Å². The molecule has 0 radical (unpaired) electrons. The van der Waals surface area contributed by atoms with Gasteiger partial charge in [-0.15, -0.1) is 0 Å². The largest absolute Gasteiger partial charge is 0.417 e. The Balaban J connectivity index is 1.55. The predicted octanol–water partition coefficient (Wildman–Crippen LogP) is 5.61. The molecule has 6 heteroatoms. The molecule has 4 bridgehead atoms. The maximum absolute atomic E-state index is 16.1. The molecule has 4 fully saturated rings. The summed E-state index contributed by atoms with van der Waals surface area (Å²) in [7, 11) is 0. The van der Waals surface area contributed by atoms with Crippen molar-refractivity contribution in [1.29, 1.82) is 0 Å². The highest BCUT2D eigenvalue weighted by atomic mass is 19.4. The zero-order chi connectivity index (χ0) is 19.8. The standard InChI is InChI=1S/C21H32F4O2/c1-5-26-10-27-19(4,21(23,24)25)9-20(22)8-13-6-16(20)18-15-7-14(17(13)18)11(2)12(15)3/h11-18H,5-10H2,1-4H3. The van der Waals surface area contributed by atoms with Gasteiger partial charge in [0.15, 0.2) is 5.60 Å². The van der Waals surface area contributed by atoms with Crippen LogP contribution in [0.2, 0.25) is 0 Å². The maximum atomic E-state index is 16.1. The molecule has 4 rings (SSSR count). The quantitative estimate of drug-likeness (QED) is 0.253. The van der Waals surface area contributed by atoms with Gasteiger partial charge >= 0.3 is 6.18 Å². The Hall–Kier alpha value is -0.360. The second-order valence-corrected chi connectivity index (χ2v) is 9.94. The summed E-state index contributed by atoms with van der Waals surface area (Å²) in [4.78, 5) is 0. The van der Waals surface area contributed by atoms with Crippen molar-refractivity contribution in [2.75, 3.05) is 13.4 Å². The Morgan fingerprint density at radius 1 is 1.04 bits per heavy atom. The van der Waals surface area contributed by atoms with Crippen LogP contribution >= 0.6 is 0 Å². The summed E-state index contributed by atoms with van der Waals surface area (Å²) < 4.78 is 67.5. The maximum Gasteiger partial charge on any atom is 0.417 e. The van der Waals surface area contributed by atoms with E-state index in [-0.39, 0.29) is 30.8 Å². The van der Waals surface area contributed by atoms with Crippen LogP contribution in [-0.4, -0.2) is 30.8 Å². The first-order chi connectivity index (χ1) is 12.5. The molecular formula is C21H32F4O2. The molecule has 0 aromatic carbocycles. The lowest BCUT2D eigenvalue weighted by Crippen LogP contribution is -2.54. The lowest BCUT2D eigenvalue weighted by Gasteiger charge is -2.48. The van der Waals surface area contributed by atoms with Crippen LogP contribution in [0.25, 0.3) is 0 Å². The van der Waals surface area contributed by atoms with Gasteiger partial charge in [0.1, 0.15) is 12.5 Å². The fourth-order valence-electron chi connectivity index (χ4n) is 7.60. The Morgan fingerprint density at radius 2 is 1.67 bits per heavy atom. The van der Waals surface area contributed by atoms with Gasteiger partial charge in [-0.3, -0.25) is 0 Å². The van der Waals surface area contributed by atoms with E-state index in [0.717, 1.165) is 19.8 Å². The van der Waals surface area contributed by atoms with Crippen molar-refractivity contribution in [2.45, 2.75) is 70.8 Å². The second kappa shape index (κ2) is 6.32. The fraction of sp³-hybridized carbons (Fsp3) is 1.00. The van der Waals surface area contributed by atoms with Gasteiger partial charge in [-0.2, -0.15) is 13.2 Å². The Morgan fingerprint density at radius 3 is 2.26 bits per heavy atom. The Labute approximate surface area is 159 Å². The van der Waals surface area contributed by atoms with E-state index in [4.69, 9.17) is 9.47 Å². The van der Waals surface area contributed by atoms with Gasteiger partial charge in [0.25, 0.3) is 0 Å². The first-order valence-electron chi connectivity index (χ1n) is 10.5. The third kappa shape index (κ3) is 2.79. The van der Waals surface area contributed by atoms with Gasteiger partial charge in [0, 0.05) is 13.0 Å². The summed E-state index contributed by atoms with van der Waals surface area (Å²) in [6.07, 6.45) is -3.05. The van der Waals surface area contributed by atoms with E-state index in [9.17, 15) is 13.2 Å². The van der Waals surface area contributed by atoms with Crippen molar-refractivity contribution < 1.29 is 27.0 Å². The molecule has 4 saturated carbocycles. The minimum Gasteiger partial charge on any atom is -0.356 e. The number of alkyl halides is 4. The summed E-state index contributed by atoms with van der Waals surface area (Å²) in [5.41, 5.74) is -4.29. The lowest BCUT2D eigenvalue weighted by molar-refractivity contribution is -0.304. The van der Waals surface area contributed by atoms with E-state index in [1.54, 1.807) is 6.92 Å². The number of hydrogen-bond acceptors (Lipinski definition) is 2. The molecule has 4 aliphatic rings. The van der Waals surface area contributed by atoms with Crippen molar-refractivity contribution >= 4 is 0 Å². The molecule has 0 aliphatic heterocycles. The lowest BCUT2D eigenvalue weighted by atomic mass is 9.60. The third-order valence-corrected chi connectivity index (χ3v) is 8.89. The number of hydrogen-bond donors (Lipinski definition) is 0. The molecule has 10 unspecified atom stereocenters. The average Bonchev–Trinajstić information content (AvgIpc) is 3.26. The summed E-state index contributed by atoms with van der Waals surface area (Å²) in [5, 5.41) is 0. The zero-order valence-electron chi connectivity index (χ0n) is 16.7. The van der Waals surface area contributed by atoms with E-state index in [0.29, 0.717) is 29.6 Å². The van der Waals surface area contributed by atoms with E-state index >= 15 is 4.39 Å². The molecule has 4 aliphatic carbocycles. The molecule has 0 aromatic heterocycles. The molecule has 0 amide bonds. The highest BCUT2D eigenvalue weighted by Crippen LogP contribution is 2.73. The van der Waals surface area contributed by atoms with Crippen LogP contribution in [0.5, 0.6) is 0 Å². The van der Waals surface area contributed by atoms with Gasteiger partial charge < -0.3 is 9.47 Å². The average molecular weight is 392 g/mol. The first kappa shape index (κ1) is 19.9. The summed E-state index contributed by atoms with van der Waals surface area (Å²) in [6.45, 7) is 7.05. The van der Waals surface area contributed by atoms with Gasteiger partial charge in [0.2, 0.25) is 0 Å². The molecule has 0 heterocycles. The molecule has 2 nitrogen and oxygen atoms in total. The second-order valence-electron chi connectivity index (χ2n) is 9.94. The Kier molecular flexibility index (Phi) is 4.66. The first-order valence-corrected chi connectivity index (χ1v) is 10.5. The van der Waals surface area contributed by atoms with Crippen molar-refractivity contribution in [2.24, 2.45) is 47.3 Å². The van der Waals surface area contributed by atoms with Crippen molar-refractivity contribution in [3.8, 4) is 0 Å². The van der Waals surface area contributed by atoms with Crippen LogP contribution in [0, 0.1) is 47.3 Å². The van der Waals surface area contributed by atoms with E-state index in [1.165, 1.54) is 0 Å². The minimum absolute atomic E-state index is 0.241. The van der Waals surface area contributed by atoms with Gasteiger partial charge in [0.05, 0.1) is 0 Å². The number of rotatable bonds is 6. The molecule has 10 atom stereocenters. The van der Waals surface area contributed by atoms with Crippen molar-refractivity contribution in [3.63, 3.8) is 0 Å². The molecule has 0 aromatic rings. The van der Waals surface area contributed by atoms with Crippen LogP contribution in [0.15, 0.2) is 0 Å². The van der Waals surface area contributed by atoms with Crippen LogP contribution in [0.4, 0.5) is 17.6 Å². The number of halogens is 4. The molecule has 0 spiro atoms. The van der Waals surface area contributed by atoms with Crippen LogP contribution in [0.1, 0.15) is 53.4 Å². The molecular weight excluding hydrogens is 360 g/mol. The Bertz CT molecular complexity index is 581. The zero-order valence-corrected chi connectivity index (χ0v) is 16.7. The predicted molar refractivity (Wildman–Crippen MR) is 93.6 cm³/mol. The van der Waals surface area contributed by atoms with E-state index in [2.05, 4.69) is 13.8 Å². The summed E-state index contributed by atoms with van der Waals surface area (Å²) in [6, 6.07) is 0. The van der Waals surface area contributed by atoms with Crippen molar-refractivity contribution in [3.05, 3.63) is 0 Å². The normalized spacial score (nSPS) is 50.2. The van der Waals surface area contributed by atoms with Crippen LogP contribution in [0.3, 0.4) is 0 Å². The topological polar surface area (TPSA) is 18.5 Å². The summed E-state index contributed by atoms with van der Waals surface area (Å²) in [5.74, 6) is 3.18. The number of fused-ring (bicyclic) bond motifs is 9. The van der Waals surface area contributed by atoms with E-state index in [1.807, 2.05) is 0 Å². The molecule has 156 valence electrons. The SMILES string of the molecule is CCOCOC(C)(CC1(F)CC2CC1C1C3CC(C(C)C3C)C21)C(F)(F)F. The summed E-state index contributed by atoms with van der Waals surface area (Å²) >= 11 is 0. The third-order valence-electron chi connectivity index (χ3n) is 8.89. The number of ether oxygens (including phenoxy) is 2.